The van der Waals surface area contributed by atoms with Crippen LogP contribution < -0.4 is 11.3 Å². The van der Waals surface area contributed by atoms with Crippen molar-refractivity contribution < 1.29 is 4.92 Å². The molecule has 1 heterocycles. The standard InChI is InChI=1S/C11H12N4O3/c1-7-10(6-12)11(16)13-14(7)8-2-4-9(5-3-8)15(17)18/h2-5H,6,12H2,1H3,(H,13,16). The van der Waals surface area contributed by atoms with Gasteiger partial charge in [-0.1, -0.05) is 0 Å². The lowest BCUT2D eigenvalue weighted by Gasteiger charge is -2.05. The largest absolute Gasteiger partial charge is 0.326 e. The average molecular weight is 248 g/mol. The van der Waals surface area contributed by atoms with Gasteiger partial charge in [0.2, 0.25) is 0 Å². The lowest BCUT2D eigenvalue weighted by atomic mass is 10.2. The Morgan fingerprint density at radius 3 is 2.44 bits per heavy atom. The van der Waals surface area contributed by atoms with Gasteiger partial charge in [-0.3, -0.25) is 24.7 Å². The number of H-pyrrole nitrogens is 1. The summed E-state index contributed by atoms with van der Waals surface area (Å²) in [4.78, 5) is 21.6. The van der Waals surface area contributed by atoms with Crippen molar-refractivity contribution >= 4 is 5.69 Å². The third-order valence-corrected chi connectivity index (χ3v) is 2.78. The zero-order valence-corrected chi connectivity index (χ0v) is 9.71. The van der Waals surface area contributed by atoms with Crippen LogP contribution in [0.2, 0.25) is 0 Å². The van der Waals surface area contributed by atoms with Gasteiger partial charge in [-0.25, -0.2) is 0 Å². The van der Waals surface area contributed by atoms with E-state index in [2.05, 4.69) is 5.10 Å². The Morgan fingerprint density at radius 2 is 2.00 bits per heavy atom. The van der Waals surface area contributed by atoms with Gasteiger partial charge in [0.1, 0.15) is 0 Å². The summed E-state index contributed by atoms with van der Waals surface area (Å²) < 4.78 is 1.56. The smallest absolute Gasteiger partial charge is 0.269 e. The van der Waals surface area contributed by atoms with Crippen molar-refractivity contribution in [3.05, 3.63) is 56.0 Å². The maximum atomic E-state index is 11.6. The average Bonchev–Trinajstić information content (AvgIpc) is 2.64. The van der Waals surface area contributed by atoms with E-state index < -0.39 is 4.92 Å². The lowest BCUT2D eigenvalue weighted by Crippen LogP contribution is -2.10. The zero-order valence-electron chi connectivity index (χ0n) is 9.71. The van der Waals surface area contributed by atoms with E-state index in [1.807, 2.05) is 0 Å². The Balaban J connectivity index is 2.49. The molecule has 0 saturated heterocycles. The zero-order chi connectivity index (χ0) is 13.3. The first kappa shape index (κ1) is 12.1. The third-order valence-electron chi connectivity index (χ3n) is 2.78. The lowest BCUT2D eigenvalue weighted by molar-refractivity contribution is -0.384. The Hall–Kier alpha value is -2.41. The molecule has 2 rings (SSSR count). The molecule has 0 unspecified atom stereocenters. The van der Waals surface area contributed by atoms with Gasteiger partial charge in [-0.2, -0.15) is 0 Å². The number of benzene rings is 1. The van der Waals surface area contributed by atoms with Crippen LogP contribution in [0.25, 0.3) is 5.69 Å². The fraction of sp³-hybridized carbons (Fsp3) is 0.182. The molecular formula is C11H12N4O3. The number of nitro groups is 1. The summed E-state index contributed by atoms with van der Waals surface area (Å²) in [6.45, 7) is 1.92. The molecule has 18 heavy (non-hydrogen) atoms. The number of non-ortho nitro benzene ring substituents is 1. The molecule has 3 N–H and O–H groups in total. The summed E-state index contributed by atoms with van der Waals surface area (Å²) in [5.74, 6) is 0. The fourth-order valence-corrected chi connectivity index (χ4v) is 1.77. The Kier molecular flexibility index (Phi) is 2.99. The summed E-state index contributed by atoms with van der Waals surface area (Å²) in [6.07, 6.45) is 0. The number of nitro benzene ring substituents is 1. The first-order chi connectivity index (χ1) is 8.54. The van der Waals surface area contributed by atoms with E-state index in [1.165, 1.54) is 12.1 Å². The summed E-state index contributed by atoms with van der Waals surface area (Å²) in [5, 5.41) is 13.2. The van der Waals surface area contributed by atoms with Gasteiger partial charge in [0.25, 0.3) is 11.2 Å². The highest BCUT2D eigenvalue weighted by atomic mass is 16.6. The molecular weight excluding hydrogens is 236 g/mol. The Morgan fingerprint density at radius 1 is 1.39 bits per heavy atom. The van der Waals surface area contributed by atoms with Crippen LogP contribution in [0.4, 0.5) is 5.69 Å². The molecule has 1 aromatic carbocycles. The van der Waals surface area contributed by atoms with Crippen LogP contribution in [0.15, 0.2) is 29.1 Å². The first-order valence-corrected chi connectivity index (χ1v) is 5.30. The highest BCUT2D eigenvalue weighted by molar-refractivity contribution is 5.41. The molecule has 0 aliphatic rings. The molecule has 0 radical (unpaired) electrons. The summed E-state index contributed by atoms with van der Waals surface area (Å²) >= 11 is 0. The topological polar surface area (TPSA) is 107 Å². The number of nitrogens with zero attached hydrogens (tertiary/aromatic N) is 2. The second-order valence-electron chi connectivity index (χ2n) is 3.82. The number of rotatable bonds is 3. The molecule has 0 saturated carbocycles. The maximum Gasteiger partial charge on any atom is 0.269 e. The molecule has 7 nitrogen and oxygen atoms in total. The Labute approximate surface area is 102 Å². The molecule has 0 bridgehead atoms. The molecule has 0 atom stereocenters. The quantitative estimate of drug-likeness (QED) is 0.619. The number of nitrogens with two attached hydrogens (primary N) is 1. The minimum Gasteiger partial charge on any atom is -0.326 e. The summed E-state index contributed by atoms with van der Waals surface area (Å²) in [6, 6.07) is 5.91. The van der Waals surface area contributed by atoms with Crippen LogP contribution in [-0.2, 0) is 6.54 Å². The van der Waals surface area contributed by atoms with Crippen molar-refractivity contribution in [2.45, 2.75) is 13.5 Å². The monoisotopic (exact) mass is 248 g/mol. The van der Waals surface area contributed by atoms with Gasteiger partial charge in [-0.05, 0) is 19.1 Å². The van der Waals surface area contributed by atoms with E-state index in [9.17, 15) is 14.9 Å². The van der Waals surface area contributed by atoms with Crippen molar-refractivity contribution in [2.75, 3.05) is 0 Å². The van der Waals surface area contributed by atoms with Crippen LogP contribution >= 0.6 is 0 Å². The third kappa shape index (κ3) is 1.91. The summed E-state index contributed by atoms with van der Waals surface area (Å²) in [7, 11) is 0. The van der Waals surface area contributed by atoms with E-state index in [0.29, 0.717) is 16.9 Å². The second kappa shape index (κ2) is 4.46. The van der Waals surface area contributed by atoms with Crippen LogP contribution in [0.1, 0.15) is 11.3 Å². The Bertz CT molecular complexity index is 639. The normalized spacial score (nSPS) is 10.6. The fourth-order valence-electron chi connectivity index (χ4n) is 1.77. The summed E-state index contributed by atoms with van der Waals surface area (Å²) in [5.41, 5.74) is 7.11. The van der Waals surface area contributed by atoms with Crippen molar-refractivity contribution in [1.82, 2.24) is 9.78 Å². The number of nitrogens with one attached hydrogen (secondary N) is 1. The molecule has 0 amide bonds. The highest BCUT2D eigenvalue weighted by Crippen LogP contribution is 2.16. The van der Waals surface area contributed by atoms with Gasteiger partial charge in [0.05, 0.1) is 16.2 Å². The molecule has 0 spiro atoms. The minimum atomic E-state index is -0.472. The van der Waals surface area contributed by atoms with Gasteiger partial charge in [0, 0.05) is 24.4 Å². The van der Waals surface area contributed by atoms with E-state index >= 15 is 0 Å². The molecule has 0 aliphatic carbocycles. The van der Waals surface area contributed by atoms with Gasteiger partial charge >= 0.3 is 0 Å². The molecule has 1 aromatic heterocycles. The predicted molar refractivity (Wildman–Crippen MR) is 65.7 cm³/mol. The molecule has 0 fully saturated rings. The van der Waals surface area contributed by atoms with Crippen molar-refractivity contribution in [1.29, 1.82) is 0 Å². The van der Waals surface area contributed by atoms with Crippen molar-refractivity contribution in [3.63, 3.8) is 0 Å². The molecule has 7 heteroatoms. The predicted octanol–water partition coefficient (Wildman–Crippen LogP) is 0.841. The van der Waals surface area contributed by atoms with Gasteiger partial charge in [0.15, 0.2) is 0 Å². The van der Waals surface area contributed by atoms with Crippen molar-refractivity contribution in [2.24, 2.45) is 5.73 Å². The SMILES string of the molecule is Cc1c(CN)c(=O)[nH]n1-c1ccc([N+](=O)[O-])cc1. The van der Waals surface area contributed by atoms with Crippen LogP contribution in [0, 0.1) is 17.0 Å². The van der Waals surface area contributed by atoms with Crippen molar-refractivity contribution in [3.8, 4) is 5.69 Å². The first-order valence-electron chi connectivity index (χ1n) is 5.30. The second-order valence-corrected chi connectivity index (χ2v) is 3.82. The number of aromatic nitrogens is 2. The number of aromatic amines is 1. The van der Waals surface area contributed by atoms with E-state index in [-0.39, 0.29) is 17.8 Å². The maximum absolute atomic E-state index is 11.6. The van der Waals surface area contributed by atoms with Crippen LogP contribution in [-0.4, -0.2) is 14.7 Å². The molecule has 0 aliphatic heterocycles. The molecule has 2 aromatic rings. The molecule has 94 valence electrons. The number of hydrogen-bond donors (Lipinski definition) is 2. The number of hydrogen-bond acceptors (Lipinski definition) is 4. The van der Waals surface area contributed by atoms with Crippen LogP contribution in [0.5, 0.6) is 0 Å². The van der Waals surface area contributed by atoms with E-state index in [4.69, 9.17) is 5.73 Å². The van der Waals surface area contributed by atoms with Gasteiger partial charge in [-0.15, -0.1) is 0 Å². The highest BCUT2D eigenvalue weighted by Gasteiger charge is 2.11. The van der Waals surface area contributed by atoms with Crippen LogP contribution in [0.3, 0.4) is 0 Å². The van der Waals surface area contributed by atoms with E-state index in [0.717, 1.165) is 0 Å². The minimum absolute atomic E-state index is 0.00459. The van der Waals surface area contributed by atoms with E-state index in [1.54, 1.807) is 23.7 Å². The van der Waals surface area contributed by atoms with Gasteiger partial charge < -0.3 is 5.73 Å².